The molecule has 1 nitrogen and oxygen atoms in total. The number of fused-ring (bicyclic) bond motifs is 5. The normalized spacial score (nSPS) is 46.3. The maximum Gasteiger partial charge on any atom is 0.0543 e. The molecule has 4 aliphatic carbocycles. The predicted molar refractivity (Wildman–Crippen MR) is 128 cm³/mol. The van der Waals surface area contributed by atoms with Gasteiger partial charge in [0.05, 0.1) is 6.10 Å². The van der Waals surface area contributed by atoms with Crippen molar-refractivity contribution < 1.29 is 5.11 Å². The molecule has 1 heteroatoms. The van der Waals surface area contributed by atoms with Crippen LogP contribution in [0, 0.1) is 46.3 Å². The van der Waals surface area contributed by atoms with Crippen LogP contribution in [0.4, 0.5) is 0 Å². The van der Waals surface area contributed by atoms with Crippen LogP contribution in [0.2, 0.25) is 0 Å². The zero-order valence-electron chi connectivity index (χ0n) is 20.6. The molecule has 4 saturated carbocycles. The highest BCUT2D eigenvalue weighted by atomic mass is 16.3. The van der Waals surface area contributed by atoms with Gasteiger partial charge >= 0.3 is 0 Å². The quantitative estimate of drug-likeness (QED) is 0.454. The molecular weight excluding hydrogens is 364 g/mol. The molecule has 4 fully saturated rings. The Morgan fingerprint density at radius 3 is 2.40 bits per heavy atom. The number of allylic oxidation sites excluding steroid dienone is 3. The van der Waals surface area contributed by atoms with Crippen molar-refractivity contribution in [2.24, 2.45) is 46.3 Å². The minimum absolute atomic E-state index is 0.0218. The third kappa shape index (κ3) is 3.66. The summed E-state index contributed by atoms with van der Waals surface area (Å²) in [5.74, 6) is 5.35. The van der Waals surface area contributed by atoms with Crippen LogP contribution < -0.4 is 0 Å². The van der Waals surface area contributed by atoms with Crippen LogP contribution in [0.1, 0.15) is 105 Å². The predicted octanol–water partition coefficient (Wildman–Crippen LogP) is 7.94. The maximum atomic E-state index is 10.3. The van der Waals surface area contributed by atoms with Crippen LogP contribution in [0.15, 0.2) is 23.8 Å². The Balaban J connectivity index is 1.47. The molecule has 0 aliphatic heterocycles. The molecular formula is C29H48O. The monoisotopic (exact) mass is 412 g/mol. The van der Waals surface area contributed by atoms with Gasteiger partial charge in [0.2, 0.25) is 0 Å². The standard InChI is InChI=1S/C29H48O/c1-7-21(19(2)3)9-8-20(4)25-12-13-26-24-11-10-22-18-23(30)14-16-28(22,5)27(24)15-17-29(25,26)6/h7,20,22-27,30H,1,8-18H2,2-6H3/t20-,22?,23+,24+,25-,26+,27+,28+,29-/m1/s1. The van der Waals surface area contributed by atoms with Gasteiger partial charge in [-0.15, -0.1) is 0 Å². The molecule has 0 aromatic rings. The average Bonchev–Trinajstić information content (AvgIpc) is 3.06. The third-order valence-electron chi connectivity index (χ3n) is 11.2. The van der Waals surface area contributed by atoms with Gasteiger partial charge in [-0.05, 0) is 136 Å². The summed E-state index contributed by atoms with van der Waals surface area (Å²) in [4.78, 5) is 0. The summed E-state index contributed by atoms with van der Waals surface area (Å²) in [5, 5.41) is 10.3. The van der Waals surface area contributed by atoms with Crippen LogP contribution in [-0.4, -0.2) is 11.2 Å². The first-order chi connectivity index (χ1) is 14.2. The fraction of sp³-hybridized carbons (Fsp3) is 0.862. The largest absolute Gasteiger partial charge is 0.393 e. The van der Waals surface area contributed by atoms with Crippen molar-refractivity contribution in [3.63, 3.8) is 0 Å². The van der Waals surface area contributed by atoms with E-state index < -0.39 is 0 Å². The highest BCUT2D eigenvalue weighted by Gasteiger charge is 2.60. The van der Waals surface area contributed by atoms with Crippen molar-refractivity contribution in [1.29, 1.82) is 0 Å². The molecule has 30 heavy (non-hydrogen) atoms. The Bertz CT molecular complexity index is 672. The smallest absolute Gasteiger partial charge is 0.0543 e. The summed E-state index contributed by atoms with van der Waals surface area (Å²) in [6.07, 6.45) is 16.7. The van der Waals surface area contributed by atoms with E-state index in [1.54, 1.807) is 0 Å². The zero-order valence-corrected chi connectivity index (χ0v) is 20.6. The van der Waals surface area contributed by atoms with E-state index in [-0.39, 0.29) is 6.10 Å². The summed E-state index contributed by atoms with van der Waals surface area (Å²) >= 11 is 0. The summed E-state index contributed by atoms with van der Waals surface area (Å²) in [6.45, 7) is 16.4. The molecule has 1 unspecified atom stereocenters. The van der Waals surface area contributed by atoms with Crippen molar-refractivity contribution in [2.45, 2.75) is 111 Å². The molecule has 4 aliphatic rings. The van der Waals surface area contributed by atoms with Crippen molar-refractivity contribution >= 4 is 0 Å². The Labute approximate surface area is 186 Å². The fourth-order valence-electron chi connectivity index (χ4n) is 9.35. The van der Waals surface area contributed by atoms with Crippen LogP contribution in [0.3, 0.4) is 0 Å². The van der Waals surface area contributed by atoms with E-state index in [4.69, 9.17) is 0 Å². The lowest BCUT2D eigenvalue weighted by Gasteiger charge is -2.61. The second kappa shape index (κ2) is 8.42. The topological polar surface area (TPSA) is 20.2 Å². The van der Waals surface area contributed by atoms with E-state index >= 15 is 0 Å². The third-order valence-corrected chi connectivity index (χ3v) is 11.2. The van der Waals surface area contributed by atoms with Crippen molar-refractivity contribution in [2.75, 3.05) is 0 Å². The Kier molecular flexibility index (Phi) is 6.35. The van der Waals surface area contributed by atoms with Crippen LogP contribution in [0.25, 0.3) is 0 Å². The molecule has 0 amide bonds. The minimum Gasteiger partial charge on any atom is -0.393 e. The van der Waals surface area contributed by atoms with Gasteiger partial charge in [0.25, 0.3) is 0 Å². The first kappa shape index (κ1) is 22.6. The van der Waals surface area contributed by atoms with Gasteiger partial charge < -0.3 is 5.11 Å². The van der Waals surface area contributed by atoms with E-state index in [0.717, 1.165) is 48.3 Å². The minimum atomic E-state index is -0.0218. The number of rotatable bonds is 5. The lowest BCUT2D eigenvalue weighted by Crippen LogP contribution is -2.54. The van der Waals surface area contributed by atoms with E-state index in [0.29, 0.717) is 10.8 Å². The number of aliphatic hydroxyl groups excluding tert-OH is 1. The van der Waals surface area contributed by atoms with Gasteiger partial charge in [0, 0.05) is 0 Å². The molecule has 0 aromatic heterocycles. The highest BCUT2D eigenvalue weighted by Crippen LogP contribution is 2.68. The molecule has 170 valence electrons. The molecule has 0 aromatic carbocycles. The molecule has 0 spiro atoms. The molecule has 0 radical (unpaired) electrons. The van der Waals surface area contributed by atoms with Gasteiger partial charge in [-0.1, -0.05) is 39.0 Å². The SMILES string of the molecule is C=CC(CC[C@@H](C)[C@H]1CC[C@H]2[C@@H]3CCC4C[C@@H](O)CC[C@]4(C)[C@H]3CC[C@]12C)=C(C)C. The molecule has 9 atom stereocenters. The summed E-state index contributed by atoms with van der Waals surface area (Å²) in [6, 6.07) is 0. The number of hydrogen-bond donors (Lipinski definition) is 1. The Morgan fingerprint density at radius 1 is 1.00 bits per heavy atom. The highest BCUT2D eigenvalue weighted by molar-refractivity contribution is 5.21. The van der Waals surface area contributed by atoms with Gasteiger partial charge in [0.15, 0.2) is 0 Å². The fourth-order valence-corrected chi connectivity index (χ4v) is 9.35. The molecule has 0 saturated heterocycles. The van der Waals surface area contributed by atoms with E-state index in [2.05, 4.69) is 47.3 Å². The zero-order chi connectivity index (χ0) is 21.7. The molecule has 1 N–H and O–H groups in total. The maximum absolute atomic E-state index is 10.3. The Morgan fingerprint density at radius 2 is 1.70 bits per heavy atom. The second-order valence-corrected chi connectivity index (χ2v) is 12.6. The summed E-state index contributed by atoms with van der Waals surface area (Å²) in [5.41, 5.74) is 3.99. The summed E-state index contributed by atoms with van der Waals surface area (Å²) in [7, 11) is 0. The first-order valence-corrected chi connectivity index (χ1v) is 13.2. The average molecular weight is 413 g/mol. The van der Waals surface area contributed by atoms with Gasteiger partial charge in [-0.2, -0.15) is 0 Å². The second-order valence-electron chi connectivity index (χ2n) is 12.6. The van der Waals surface area contributed by atoms with Crippen LogP contribution in [0.5, 0.6) is 0 Å². The van der Waals surface area contributed by atoms with Crippen molar-refractivity contribution in [3.05, 3.63) is 23.8 Å². The van der Waals surface area contributed by atoms with Crippen LogP contribution >= 0.6 is 0 Å². The number of aliphatic hydroxyl groups is 1. The van der Waals surface area contributed by atoms with Gasteiger partial charge in [0.1, 0.15) is 0 Å². The van der Waals surface area contributed by atoms with Gasteiger partial charge in [-0.25, -0.2) is 0 Å². The van der Waals surface area contributed by atoms with Crippen molar-refractivity contribution in [1.82, 2.24) is 0 Å². The number of hydrogen-bond acceptors (Lipinski definition) is 1. The molecule has 4 rings (SSSR count). The molecule has 0 heterocycles. The molecule has 0 bridgehead atoms. The van der Waals surface area contributed by atoms with Gasteiger partial charge in [-0.3, -0.25) is 0 Å². The van der Waals surface area contributed by atoms with E-state index in [9.17, 15) is 5.11 Å². The summed E-state index contributed by atoms with van der Waals surface area (Å²) < 4.78 is 0. The van der Waals surface area contributed by atoms with E-state index in [1.807, 2.05) is 0 Å². The van der Waals surface area contributed by atoms with Crippen LogP contribution in [-0.2, 0) is 0 Å². The first-order valence-electron chi connectivity index (χ1n) is 13.2. The lowest BCUT2D eigenvalue weighted by molar-refractivity contribution is -0.129. The van der Waals surface area contributed by atoms with E-state index in [1.165, 1.54) is 68.9 Å². The lowest BCUT2D eigenvalue weighted by atomic mass is 9.44. The van der Waals surface area contributed by atoms with Crippen molar-refractivity contribution in [3.8, 4) is 0 Å². The Hall–Kier alpha value is -0.560.